The lowest BCUT2D eigenvalue weighted by Gasteiger charge is -2.01. The average molecular weight is 219 g/mol. The Hall–Kier alpha value is -1.81. The lowest BCUT2D eigenvalue weighted by Crippen LogP contribution is -2.28. The number of nitrogens with one attached hydrogen (secondary N) is 1. The third-order valence-corrected chi connectivity index (χ3v) is 2.42. The summed E-state index contributed by atoms with van der Waals surface area (Å²) in [6.45, 7) is 0.0368. The molecule has 84 valence electrons. The molecule has 0 spiro atoms. The maximum absolute atomic E-state index is 10.8. The Labute approximate surface area is 92.9 Å². The van der Waals surface area contributed by atoms with Crippen LogP contribution in [0.25, 0.3) is 11.0 Å². The number of amides is 1. The summed E-state index contributed by atoms with van der Waals surface area (Å²) in [7, 11) is 0. The number of rotatable bonds is 4. The van der Waals surface area contributed by atoms with Crippen LogP contribution in [0.2, 0.25) is 0 Å². The highest BCUT2D eigenvalue weighted by molar-refractivity contribution is 5.81. The molecule has 0 saturated carbocycles. The lowest BCUT2D eigenvalue weighted by molar-refractivity contribution is -0.123. The van der Waals surface area contributed by atoms with Crippen LogP contribution in [0.4, 0.5) is 0 Å². The Morgan fingerprint density at radius 2 is 2.19 bits per heavy atom. The minimum Gasteiger partial charge on any atom is -0.464 e. The molecule has 0 aliphatic heterocycles. The van der Waals surface area contributed by atoms with E-state index in [1.165, 1.54) is 0 Å². The van der Waals surface area contributed by atoms with Gasteiger partial charge in [-0.25, -0.2) is 0 Å². The molecule has 16 heavy (non-hydrogen) atoms. The van der Waals surface area contributed by atoms with E-state index in [2.05, 4.69) is 5.32 Å². The first-order valence-corrected chi connectivity index (χ1v) is 5.14. The van der Waals surface area contributed by atoms with Gasteiger partial charge in [-0.2, -0.15) is 0 Å². The molecule has 0 unspecified atom stereocenters. The molecule has 0 aliphatic carbocycles. The van der Waals surface area contributed by atoms with Gasteiger partial charge in [0.15, 0.2) is 0 Å². The van der Waals surface area contributed by atoms with E-state index in [-0.39, 0.29) is 5.91 Å². The smallest absolute Gasteiger partial charge is 0.245 e. The molecular formula is C12H13NO3. The third-order valence-electron chi connectivity index (χ3n) is 2.42. The molecule has 4 heteroatoms. The standard InChI is InChI=1S/C12H13NO3/c14-7-12(15)13-6-5-9-8-16-11-4-2-1-3-10(9)11/h1-4,8,14H,5-7H2,(H,13,15). The predicted molar refractivity (Wildman–Crippen MR) is 60.0 cm³/mol. The highest BCUT2D eigenvalue weighted by Gasteiger charge is 2.05. The van der Waals surface area contributed by atoms with Crippen molar-refractivity contribution in [1.29, 1.82) is 0 Å². The van der Waals surface area contributed by atoms with Crippen molar-refractivity contribution in [2.45, 2.75) is 6.42 Å². The van der Waals surface area contributed by atoms with Crippen LogP contribution in [0.15, 0.2) is 34.9 Å². The summed E-state index contributed by atoms with van der Waals surface area (Å²) < 4.78 is 5.37. The number of para-hydroxylation sites is 1. The summed E-state index contributed by atoms with van der Waals surface area (Å²) in [4.78, 5) is 10.8. The number of carbonyl (C=O) groups is 1. The maximum Gasteiger partial charge on any atom is 0.245 e. The second kappa shape index (κ2) is 4.81. The number of hydrogen-bond acceptors (Lipinski definition) is 3. The van der Waals surface area contributed by atoms with E-state index < -0.39 is 6.61 Å². The van der Waals surface area contributed by atoms with Crippen molar-refractivity contribution in [3.63, 3.8) is 0 Å². The summed E-state index contributed by atoms with van der Waals surface area (Å²) in [5, 5.41) is 12.2. The van der Waals surface area contributed by atoms with Crippen LogP contribution in [-0.4, -0.2) is 24.2 Å². The molecule has 0 fully saturated rings. The molecule has 2 rings (SSSR count). The number of aliphatic hydroxyl groups excluding tert-OH is 1. The molecular weight excluding hydrogens is 206 g/mol. The number of furan rings is 1. The quantitative estimate of drug-likeness (QED) is 0.809. The van der Waals surface area contributed by atoms with Crippen molar-refractivity contribution in [2.75, 3.05) is 13.2 Å². The number of carbonyl (C=O) groups excluding carboxylic acids is 1. The first-order valence-electron chi connectivity index (χ1n) is 5.14. The highest BCUT2D eigenvalue weighted by atomic mass is 16.3. The molecule has 1 heterocycles. The lowest BCUT2D eigenvalue weighted by atomic mass is 10.1. The van der Waals surface area contributed by atoms with Crippen molar-refractivity contribution in [3.05, 3.63) is 36.1 Å². The van der Waals surface area contributed by atoms with Gasteiger partial charge in [0.25, 0.3) is 0 Å². The fraction of sp³-hybridized carbons (Fsp3) is 0.250. The minimum absolute atomic E-state index is 0.354. The number of hydrogen-bond donors (Lipinski definition) is 2. The van der Waals surface area contributed by atoms with Crippen molar-refractivity contribution in [2.24, 2.45) is 0 Å². The zero-order valence-electron chi connectivity index (χ0n) is 8.77. The second-order valence-electron chi connectivity index (χ2n) is 3.52. The Bertz CT molecular complexity index is 490. The van der Waals surface area contributed by atoms with Crippen LogP contribution in [0.1, 0.15) is 5.56 Å². The molecule has 0 radical (unpaired) electrons. The normalized spacial score (nSPS) is 10.6. The molecule has 4 nitrogen and oxygen atoms in total. The zero-order valence-corrected chi connectivity index (χ0v) is 8.77. The summed E-state index contributed by atoms with van der Waals surface area (Å²) in [5.41, 5.74) is 1.92. The molecule has 2 aromatic rings. The average Bonchev–Trinajstić information content (AvgIpc) is 2.73. The molecule has 0 bridgehead atoms. The fourth-order valence-electron chi connectivity index (χ4n) is 1.62. The van der Waals surface area contributed by atoms with Crippen LogP contribution in [0, 0.1) is 0 Å². The topological polar surface area (TPSA) is 62.5 Å². The van der Waals surface area contributed by atoms with Crippen LogP contribution in [-0.2, 0) is 11.2 Å². The van der Waals surface area contributed by atoms with Crippen molar-refractivity contribution >= 4 is 16.9 Å². The van der Waals surface area contributed by atoms with Gasteiger partial charge in [0.05, 0.1) is 6.26 Å². The zero-order chi connectivity index (χ0) is 11.4. The van der Waals surface area contributed by atoms with Crippen molar-refractivity contribution in [1.82, 2.24) is 5.32 Å². The monoisotopic (exact) mass is 219 g/mol. The maximum atomic E-state index is 10.8. The van der Waals surface area contributed by atoms with Gasteiger partial charge >= 0.3 is 0 Å². The predicted octanol–water partition coefficient (Wildman–Crippen LogP) is 1.08. The molecule has 2 N–H and O–H groups in total. The van der Waals surface area contributed by atoms with E-state index in [0.717, 1.165) is 16.5 Å². The van der Waals surface area contributed by atoms with E-state index in [1.807, 2.05) is 24.3 Å². The minimum atomic E-state index is -0.466. The summed E-state index contributed by atoms with van der Waals surface area (Å²) >= 11 is 0. The molecule has 0 atom stereocenters. The van der Waals surface area contributed by atoms with Gasteiger partial charge in [0, 0.05) is 11.9 Å². The Morgan fingerprint density at radius 3 is 3.00 bits per heavy atom. The fourth-order valence-corrected chi connectivity index (χ4v) is 1.62. The van der Waals surface area contributed by atoms with E-state index in [4.69, 9.17) is 9.52 Å². The van der Waals surface area contributed by atoms with Gasteiger partial charge in [-0.1, -0.05) is 18.2 Å². The van der Waals surface area contributed by atoms with Gasteiger partial charge in [-0.3, -0.25) is 4.79 Å². The number of fused-ring (bicyclic) bond motifs is 1. The van der Waals surface area contributed by atoms with Gasteiger partial charge < -0.3 is 14.8 Å². The number of benzene rings is 1. The van der Waals surface area contributed by atoms with Crippen molar-refractivity contribution < 1.29 is 14.3 Å². The highest BCUT2D eigenvalue weighted by Crippen LogP contribution is 2.20. The van der Waals surface area contributed by atoms with Crippen molar-refractivity contribution in [3.8, 4) is 0 Å². The van der Waals surface area contributed by atoms with Gasteiger partial charge in [0.2, 0.25) is 5.91 Å². The second-order valence-corrected chi connectivity index (χ2v) is 3.52. The summed E-state index contributed by atoms with van der Waals surface area (Å²) in [6, 6.07) is 7.77. The first kappa shape index (κ1) is 10.7. The van der Waals surface area contributed by atoms with E-state index in [9.17, 15) is 4.79 Å². The van der Waals surface area contributed by atoms with Crippen LogP contribution >= 0.6 is 0 Å². The van der Waals surface area contributed by atoms with Crippen LogP contribution in [0.3, 0.4) is 0 Å². The molecule has 1 amide bonds. The third kappa shape index (κ3) is 2.23. The summed E-state index contributed by atoms with van der Waals surface area (Å²) in [6.07, 6.45) is 2.40. The van der Waals surface area contributed by atoms with E-state index >= 15 is 0 Å². The molecule has 1 aromatic carbocycles. The van der Waals surface area contributed by atoms with Gasteiger partial charge in [-0.05, 0) is 18.1 Å². The molecule has 1 aromatic heterocycles. The van der Waals surface area contributed by atoms with E-state index in [1.54, 1.807) is 6.26 Å². The summed E-state index contributed by atoms with van der Waals surface area (Å²) in [5.74, 6) is -0.354. The Morgan fingerprint density at radius 1 is 1.38 bits per heavy atom. The van der Waals surface area contributed by atoms with Gasteiger partial charge in [0.1, 0.15) is 12.2 Å². The molecule has 0 saturated heterocycles. The SMILES string of the molecule is O=C(CO)NCCc1coc2ccccc12. The Kier molecular flexibility index (Phi) is 3.22. The number of aliphatic hydroxyl groups is 1. The Balaban J connectivity index is 2.02. The largest absolute Gasteiger partial charge is 0.464 e. The van der Waals surface area contributed by atoms with E-state index in [0.29, 0.717) is 13.0 Å². The molecule has 0 aliphatic rings. The van der Waals surface area contributed by atoms with Crippen LogP contribution < -0.4 is 5.32 Å². The van der Waals surface area contributed by atoms with Gasteiger partial charge in [-0.15, -0.1) is 0 Å². The first-order chi connectivity index (χ1) is 7.81. The van der Waals surface area contributed by atoms with Crippen LogP contribution in [0.5, 0.6) is 0 Å².